The topological polar surface area (TPSA) is 17.1 Å². The van der Waals surface area contributed by atoms with Crippen LogP contribution in [-0.2, 0) is 4.79 Å². The minimum absolute atomic E-state index is 0.944. The van der Waals surface area contributed by atoms with E-state index in [-0.39, 0.29) is 0 Å². The Labute approximate surface area is 210 Å². The lowest BCUT2D eigenvalue weighted by atomic mass is 11.0. The van der Waals surface area contributed by atoms with Crippen molar-refractivity contribution in [3.8, 4) is 0 Å². The van der Waals surface area contributed by atoms with Crippen molar-refractivity contribution in [1.29, 1.82) is 0 Å². The second-order valence-corrected chi connectivity index (χ2v) is 12.7. The molecule has 0 aromatic rings. The molecule has 0 heterocycles. The maximum absolute atomic E-state index is 8.50. The predicted octanol–water partition coefficient (Wildman–Crippen LogP) is 8.76. The van der Waals surface area contributed by atoms with Gasteiger partial charge in [-0.25, -0.2) is 4.79 Å². The van der Waals surface area contributed by atoms with E-state index in [1.165, 1.54) is 17.3 Å². The minimum atomic E-state index is 0.944. The molecule has 166 valence electrons. The van der Waals surface area contributed by atoms with Crippen molar-refractivity contribution in [1.82, 2.24) is 0 Å². The van der Waals surface area contributed by atoms with Crippen molar-refractivity contribution in [2.45, 2.75) is 27.7 Å². The number of thiocarbonyl (C=S) groups is 1. The Morgan fingerprint density at radius 3 is 0.962 bits per heavy atom. The quantitative estimate of drug-likeness (QED) is 0.143. The fraction of sp³-hybridized carbons (Fsp3) is 0.933. The summed E-state index contributed by atoms with van der Waals surface area (Å²) in [4.78, 5) is 8.50. The highest BCUT2D eigenvalue weighted by molar-refractivity contribution is 8.77. The molecule has 0 N–H and O–H groups in total. The summed E-state index contributed by atoms with van der Waals surface area (Å²) in [5.41, 5.74) is 0. The summed E-state index contributed by atoms with van der Waals surface area (Å²) in [6.07, 6.45) is 12.0. The van der Waals surface area contributed by atoms with Gasteiger partial charge in [0.15, 0.2) is 0 Å². The molecule has 0 aromatic carbocycles. The highest BCUT2D eigenvalue weighted by Crippen LogP contribution is 2.18. The van der Waals surface area contributed by atoms with Gasteiger partial charge in [0.25, 0.3) is 0 Å². The SMILES string of the molecule is CCS.CCSSC.CCSSCC.CS.CSC.CSSC.O=C=S. The first-order chi connectivity index (χ1) is 12.5. The molecule has 0 atom stereocenters. The summed E-state index contributed by atoms with van der Waals surface area (Å²) in [5.74, 6) is 4.64. The number of hydrogen-bond donors (Lipinski definition) is 2. The normalized spacial score (nSPS) is 6.77. The maximum atomic E-state index is 8.50. The van der Waals surface area contributed by atoms with Gasteiger partial charge in [-0.15, -0.1) is 0 Å². The Morgan fingerprint density at radius 2 is 0.923 bits per heavy atom. The number of hydrogen-bond acceptors (Lipinski definition) is 11. The lowest BCUT2D eigenvalue weighted by Crippen LogP contribution is -1.59. The van der Waals surface area contributed by atoms with Crippen LogP contribution in [0.1, 0.15) is 27.7 Å². The van der Waals surface area contributed by atoms with E-state index >= 15 is 0 Å². The average Bonchev–Trinajstić information content (AvgIpc) is 2.65. The van der Waals surface area contributed by atoms with Crippen molar-refractivity contribution in [2.75, 3.05) is 60.5 Å². The summed E-state index contributed by atoms with van der Waals surface area (Å²) in [6, 6.07) is 0. The molecule has 0 rings (SSSR count). The Balaban J connectivity index is -0.0000000334. The van der Waals surface area contributed by atoms with Gasteiger partial charge in [-0.1, -0.05) is 92.5 Å². The smallest absolute Gasteiger partial charge is 0.202 e. The van der Waals surface area contributed by atoms with Crippen molar-refractivity contribution in [2.24, 2.45) is 0 Å². The van der Waals surface area contributed by atoms with Crippen LogP contribution in [0.15, 0.2) is 0 Å². The molecule has 0 aromatic heterocycles. The molecule has 0 aliphatic carbocycles. The Kier molecular flexibility index (Phi) is 164. The van der Waals surface area contributed by atoms with Crippen LogP contribution in [0, 0.1) is 0 Å². The summed E-state index contributed by atoms with van der Waals surface area (Å²) in [5, 5.41) is 1.08. The summed E-state index contributed by atoms with van der Waals surface area (Å²) in [6.45, 7) is 8.49. The van der Waals surface area contributed by atoms with E-state index in [9.17, 15) is 0 Å². The number of thioether (sulfide) groups is 1. The van der Waals surface area contributed by atoms with Crippen LogP contribution in [0.2, 0.25) is 0 Å². The Hall–Kier alpha value is 2.95. The molecule has 0 spiro atoms. The van der Waals surface area contributed by atoms with Crippen LogP contribution in [-0.4, -0.2) is 65.8 Å². The van der Waals surface area contributed by atoms with E-state index in [1.54, 1.807) is 39.6 Å². The summed E-state index contributed by atoms with van der Waals surface area (Å²) >= 11 is 12.7. The molecule has 11 heteroatoms. The van der Waals surface area contributed by atoms with Crippen molar-refractivity contribution < 1.29 is 4.79 Å². The summed E-state index contributed by atoms with van der Waals surface area (Å²) < 4.78 is 0. The second-order valence-electron chi connectivity index (χ2n) is 2.53. The molecule has 0 fully saturated rings. The van der Waals surface area contributed by atoms with Crippen molar-refractivity contribution >= 4 is 119 Å². The van der Waals surface area contributed by atoms with E-state index in [4.69, 9.17) is 4.79 Å². The van der Waals surface area contributed by atoms with Gasteiger partial charge in [0.05, 0.1) is 0 Å². The van der Waals surface area contributed by atoms with E-state index in [1.807, 2.05) is 62.6 Å². The second kappa shape index (κ2) is 90.8. The molecule has 0 saturated carbocycles. The zero-order valence-corrected chi connectivity index (χ0v) is 26.2. The monoisotopic (exact) mass is 556 g/mol. The van der Waals surface area contributed by atoms with Gasteiger partial charge in [0.2, 0.25) is 5.23 Å². The molecule has 0 saturated heterocycles. The van der Waals surface area contributed by atoms with Crippen LogP contribution < -0.4 is 0 Å². The molecule has 0 amide bonds. The zero-order chi connectivity index (χ0) is 22.5. The van der Waals surface area contributed by atoms with Crippen molar-refractivity contribution in [3.63, 3.8) is 0 Å². The van der Waals surface area contributed by atoms with Crippen LogP contribution in [0.4, 0.5) is 0 Å². The minimum Gasteiger partial charge on any atom is -0.220 e. The van der Waals surface area contributed by atoms with Crippen LogP contribution >= 0.6 is 114 Å². The molecule has 0 radical (unpaired) electrons. The molecule has 0 aliphatic rings. The van der Waals surface area contributed by atoms with Gasteiger partial charge >= 0.3 is 0 Å². The standard InChI is InChI=1S/C4H10S2.C3H8S2.C2H6S2.2C2H6S.COS.CH4S/c1-3-5-6-4-2;1-3-5-4-2;1-3-4-2;1-3-2;1-2-3;2-1-3;1-2/h3-4H2,1-2H3;3H2,1-2H3;1-2H3;1-2H3;3H,2H2,1H3;;2H,1H3. The third-order valence-corrected chi connectivity index (χ3v) is 6.49. The first kappa shape index (κ1) is 46.9. The van der Waals surface area contributed by atoms with E-state index in [0.717, 1.165) is 11.0 Å². The van der Waals surface area contributed by atoms with Gasteiger partial charge in [-0.05, 0) is 43.3 Å². The maximum Gasteiger partial charge on any atom is 0.202 e. The van der Waals surface area contributed by atoms with Gasteiger partial charge in [-0.3, -0.25) is 0 Å². The van der Waals surface area contributed by atoms with Gasteiger partial charge in [-0.2, -0.15) is 37.0 Å². The van der Waals surface area contributed by atoms with E-state index in [0.29, 0.717) is 0 Å². The molecule has 0 bridgehead atoms. The lowest BCUT2D eigenvalue weighted by Gasteiger charge is -1.86. The number of carbonyl (C=O) groups excluding carboxylic acids is 1. The van der Waals surface area contributed by atoms with Crippen LogP contribution in [0.25, 0.3) is 0 Å². The first-order valence-electron chi connectivity index (χ1n) is 7.41. The Bertz CT molecular complexity index is 149. The third-order valence-electron chi connectivity index (χ3n) is 0.721. The number of rotatable bonds is 6. The largest absolute Gasteiger partial charge is 0.220 e. The fourth-order valence-corrected chi connectivity index (χ4v) is 2.56. The van der Waals surface area contributed by atoms with E-state index in [2.05, 4.69) is 77.0 Å². The highest BCUT2D eigenvalue weighted by atomic mass is 33.1. The molecule has 0 unspecified atom stereocenters. The molecule has 26 heavy (non-hydrogen) atoms. The molecular formula is C15H40OS10. The first-order valence-corrected chi connectivity index (χ1v) is 19.2. The number of thiol groups is 2. The molecule has 1 nitrogen and oxygen atoms in total. The molecular weight excluding hydrogens is 517 g/mol. The van der Waals surface area contributed by atoms with Gasteiger partial charge < -0.3 is 0 Å². The van der Waals surface area contributed by atoms with Gasteiger partial charge in [0, 0.05) is 29.5 Å². The van der Waals surface area contributed by atoms with Crippen LogP contribution in [0.5, 0.6) is 0 Å². The Morgan fingerprint density at radius 1 is 0.731 bits per heavy atom. The third kappa shape index (κ3) is 227. The zero-order valence-electron chi connectivity index (χ0n) is 17.9. The molecule has 0 aliphatic heterocycles. The average molecular weight is 557 g/mol. The summed E-state index contributed by atoms with van der Waals surface area (Å²) in [7, 11) is 11.1. The predicted molar refractivity (Wildman–Crippen MR) is 162 cm³/mol. The van der Waals surface area contributed by atoms with Crippen molar-refractivity contribution in [3.05, 3.63) is 0 Å². The highest BCUT2D eigenvalue weighted by Gasteiger charge is 1.75. The fourth-order valence-electron chi connectivity index (χ4n) is 0.285. The lowest BCUT2D eigenvalue weighted by molar-refractivity contribution is 0.572. The van der Waals surface area contributed by atoms with E-state index < -0.39 is 0 Å². The van der Waals surface area contributed by atoms with Gasteiger partial charge in [0.1, 0.15) is 0 Å². The van der Waals surface area contributed by atoms with Crippen LogP contribution in [0.3, 0.4) is 0 Å².